The Bertz CT molecular complexity index is 1430. The molecule has 7 heteroatoms. The van der Waals surface area contributed by atoms with Crippen LogP contribution in [0.5, 0.6) is 0 Å². The van der Waals surface area contributed by atoms with E-state index in [1.807, 2.05) is 6.07 Å². The van der Waals surface area contributed by atoms with Crippen LogP contribution in [0, 0.1) is 0 Å². The van der Waals surface area contributed by atoms with Crippen LogP contribution in [0.15, 0.2) is 47.5 Å². The van der Waals surface area contributed by atoms with E-state index in [4.69, 9.17) is 6.85 Å². The fourth-order valence-corrected chi connectivity index (χ4v) is 3.89. The van der Waals surface area contributed by atoms with E-state index in [0.29, 0.717) is 35.9 Å². The van der Waals surface area contributed by atoms with Crippen LogP contribution < -0.4 is 10.9 Å². The molecule has 4 heterocycles. The van der Waals surface area contributed by atoms with Crippen molar-refractivity contribution in [2.75, 3.05) is 13.1 Å². The normalized spacial score (nSPS) is 19.9. The van der Waals surface area contributed by atoms with Gasteiger partial charge in [-0.2, -0.15) is 0 Å². The van der Waals surface area contributed by atoms with Crippen LogP contribution in [0.25, 0.3) is 16.6 Å². The maximum Gasteiger partial charge on any atom is 0.270 e. The molecule has 1 aliphatic carbocycles. The van der Waals surface area contributed by atoms with Gasteiger partial charge in [0.1, 0.15) is 5.69 Å². The Labute approximate surface area is 193 Å². The molecule has 2 aliphatic rings. The van der Waals surface area contributed by atoms with Crippen molar-refractivity contribution in [2.45, 2.75) is 45.1 Å². The summed E-state index contributed by atoms with van der Waals surface area (Å²) in [5, 5.41) is 2.94. The lowest BCUT2D eigenvalue weighted by molar-refractivity contribution is 0.0946. The summed E-state index contributed by atoms with van der Waals surface area (Å²) in [6, 6.07) is 6.99. The third-order valence-electron chi connectivity index (χ3n) is 5.86. The minimum absolute atomic E-state index is 0.129. The SMILES string of the molecule is [2H]C([2H])([2H])C([2H])([2H])c1cc2ncc(CN3CC=C(c4ccc(C(=O)NC5CC5)nc4)CC3)cc2[nH]c1=O. The summed E-state index contributed by atoms with van der Waals surface area (Å²) < 4.78 is 38.1. The quantitative estimate of drug-likeness (QED) is 0.622. The molecule has 0 saturated heterocycles. The van der Waals surface area contributed by atoms with Gasteiger partial charge in [-0.05, 0) is 60.5 Å². The molecule has 3 aromatic heterocycles. The Morgan fingerprint density at radius 1 is 1.31 bits per heavy atom. The molecule has 5 rings (SSSR count). The molecular formula is C25H27N5O2. The fraction of sp³-hybridized carbons (Fsp3) is 0.360. The fourth-order valence-electron chi connectivity index (χ4n) is 3.89. The maximum atomic E-state index is 12.5. The second-order valence-corrected chi connectivity index (χ2v) is 8.31. The van der Waals surface area contributed by atoms with E-state index in [-0.39, 0.29) is 5.91 Å². The molecule has 0 spiro atoms. The van der Waals surface area contributed by atoms with Crippen LogP contribution in [0.1, 0.15) is 60.1 Å². The first-order valence-electron chi connectivity index (χ1n) is 13.2. The third kappa shape index (κ3) is 4.48. The molecule has 1 fully saturated rings. The van der Waals surface area contributed by atoms with Crippen molar-refractivity contribution >= 4 is 22.5 Å². The van der Waals surface area contributed by atoms with Gasteiger partial charge < -0.3 is 10.3 Å². The van der Waals surface area contributed by atoms with Gasteiger partial charge in [-0.3, -0.25) is 24.5 Å². The number of aromatic nitrogens is 3. The molecule has 164 valence electrons. The summed E-state index contributed by atoms with van der Waals surface area (Å²) >= 11 is 0. The highest BCUT2D eigenvalue weighted by Gasteiger charge is 2.24. The van der Waals surface area contributed by atoms with E-state index < -0.39 is 24.3 Å². The first-order chi connectivity index (χ1) is 17.5. The van der Waals surface area contributed by atoms with E-state index in [0.717, 1.165) is 36.9 Å². The number of H-pyrrole nitrogens is 1. The van der Waals surface area contributed by atoms with Crippen molar-refractivity contribution in [3.63, 3.8) is 0 Å². The van der Waals surface area contributed by atoms with Crippen LogP contribution in [0.4, 0.5) is 0 Å². The van der Waals surface area contributed by atoms with Crippen LogP contribution >= 0.6 is 0 Å². The highest BCUT2D eigenvalue weighted by molar-refractivity contribution is 5.92. The van der Waals surface area contributed by atoms with Crippen molar-refractivity contribution in [3.05, 3.63) is 75.5 Å². The van der Waals surface area contributed by atoms with Crippen LogP contribution in [-0.4, -0.2) is 44.9 Å². The number of fused-ring (bicyclic) bond motifs is 1. The zero-order valence-electron chi connectivity index (χ0n) is 22.5. The Balaban J connectivity index is 1.25. The summed E-state index contributed by atoms with van der Waals surface area (Å²) in [5.74, 6) is -0.129. The number of nitrogens with one attached hydrogen (secondary N) is 2. The number of hydrogen-bond acceptors (Lipinski definition) is 5. The molecule has 1 amide bonds. The molecule has 0 bridgehead atoms. The van der Waals surface area contributed by atoms with Crippen molar-refractivity contribution in [1.29, 1.82) is 0 Å². The lowest BCUT2D eigenvalue weighted by Crippen LogP contribution is -2.28. The molecule has 32 heavy (non-hydrogen) atoms. The number of aryl methyl sites for hydroxylation is 1. The molecule has 0 radical (unpaired) electrons. The van der Waals surface area contributed by atoms with E-state index in [1.54, 1.807) is 24.5 Å². The predicted octanol–water partition coefficient (Wildman–Crippen LogP) is 3.06. The molecule has 3 aromatic rings. The Hall–Kier alpha value is -3.32. The standard InChI is InChI=1S/C25H27N5O2/c1-2-17-12-22-23(29-24(17)31)11-16(13-26-22)15-30-9-7-18(8-10-30)19-3-6-21(27-14-19)25(32)28-20-4-5-20/h3,6-7,11-14,20H,2,4-5,8-10,15H2,1H3,(H,28,32)(H,29,31)/i1D3,2D2. The molecular weight excluding hydrogens is 402 g/mol. The van der Waals surface area contributed by atoms with Crippen LogP contribution in [0.3, 0.4) is 0 Å². The summed E-state index contributed by atoms with van der Waals surface area (Å²) in [7, 11) is 0. The monoisotopic (exact) mass is 434 g/mol. The molecule has 0 aromatic carbocycles. The van der Waals surface area contributed by atoms with Gasteiger partial charge in [-0.25, -0.2) is 0 Å². The van der Waals surface area contributed by atoms with Gasteiger partial charge in [0, 0.05) is 50.5 Å². The minimum atomic E-state index is -2.98. The smallest absolute Gasteiger partial charge is 0.270 e. The summed E-state index contributed by atoms with van der Waals surface area (Å²) in [6.45, 7) is -0.851. The van der Waals surface area contributed by atoms with Crippen LogP contribution in [-0.2, 0) is 12.9 Å². The third-order valence-corrected chi connectivity index (χ3v) is 5.86. The topological polar surface area (TPSA) is 91.0 Å². The van der Waals surface area contributed by atoms with E-state index >= 15 is 0 Å². The van der Waals surface area contributed by atoms with Gasteiger partial charge in [0.2, 0.25) is 0 Å². The summed E-state index contributed by atoms with van der Waals surface area (Å²) in [4.78, 5) is 38.1. The van der Waals surface area contributed by atoms with E-state index in [1.165, 1.54) is 11.6 Å². The highest BCUT2D eigenvalue weighted by Crippen LogP contribution is 2.24. The molecule has 1 aliphatic heterocycles. The summed E-state index contributed by atoms with van der Waals surface area (Å²) in [5.41, 5.74) is 3.00. The van der Waals surface area contributed by atoms with Gasteiger partial charge in [-0.1, -0.05) is 19.0 Å². The number of amides is 1. The second kappa shape index (κ2) is 8.67. The lowest BCUT2D eigenvalue weighted by atomic mass is 10.0. The average Bonchev–Trinajstić information content (AvgIpc) is 3.67. The maximum absolute atomic E-state index is 12.5. The first-order valence-corrected chi connectivity index (χ1v) is 10.7. The zero-order chi connectivity index (χ0) is 26.4. The van der Waals surface area contributed by atoms with E-state index in [9.17, 15) is 9.59 Å². The number of aromatic amines is 1. The van der Waals surface area contributed by atoms with Crippen molar-refractivity contribution in [2.24, 2.45) is 0 Å². The number of pyridine rings is 3. The number of carbonyl (C=O) groups excluding carboxylic acids is 1. The van der Waals surface area contributed by atoms with Crippen molar-refractivity contribution in [1.82, 2.24) is 25.2 Å². The Morgan fingerprint density at radius 2 is 2.22 bits per heavy atom. The zero-order valence-corrected chi connectivity index (χ0v) is 17.5. The van der Waals surface area contributed by atoms with Gasteiger partial charge in [0.15, 0.2) is 0 Å². The van der Waals surface area contributed by atoms with E-state index in [2.05, 4.69) is 31.2 Å². The molecule has 0 atom stereocenters. The Kier molecular flexibility index (Phi) is 4.19. The minimum Gasteiger partial charge on any atom is -0.348 e. The summed E-state index contributed by atoms with van der Waals surface area (Å²) in [6.07, 6.45) is 5.65. The molecule has 1 saturated carbocycles. The van der Waals surface area contributed by atoms with Gasteiger partial charge in [-0.15, -0.1) is 0 Å². The number of rotatable bonds is 6. The van der Waals surface area contributed by atoms with Crippen molar-refractivity contribution < 1.29 is 11.6 Å². The molecule has 2 N–H and O–H groups in total. The van der Waals surface area contributed by atoms with Gasteiger partial charge in [0.25, 0.3) is 11.5 Å². The number of hydrogen-bond donors (Lipinski definition) is 2. The van der Waals surface area contributed by atoms with Gasteiger partial charge in [0.05, 0.1) is 11.0 Å². The molecule has 0 unspecified atom stereocenters. The van der Waals surface area contributed by atoms with Gasteiger partial charge >= 0.3 is 0 Å². The molecule has 7 nitrogen and oxygen atoms in total. The second-order valence-electron chi connectivity index (χ2n) is 8.31. The average molecular weight is 435 g/mol. The highest BCUT2D eigenvalue weighted by atomic mass is 16.2. The lowest BCUT2D eigenvalue weighted by Gasteiger charge is -2.26. The largest absolute Gasteiger partial charge is 0.348 e. The first kappa shape index (κ1) is 15.5. The predicted molar refractivity (Wildman–Crippen MR) is 124 cm³/mol. The van der Waals surface area contributed by atoms with Crippen molar-refractivity contribution in [3.8, 4) is 0 Å². The number of nitrogens with zero attached hydrogens (tertiary/aromatic N) is 3. The Morgan fingerprint density at radius 3 is 2.94 bits per heavy atom. The van der Waals surface area contributed by atoms with Crippen LogP contribution in [0.2, 0.25) is 0 Å². The number of carbonyl (C=O) groups is 1.